The molecule has 108 valence electrons. The van der Waals surface area contributed by atoms with E-state index in [1.165, 1.54) is 12.8 Å². The fourth-order valence-corrected chi connectivity index (χ4v) is 3.13. The maximum atomic E-state index is 11.7. The predicted molar refractivity (Wildman–Crippen MR) is 79.6 cm³/mol. The summed E-state index contributed by atoms with van der Waals surface area (Å²) in [5.74, 6) is 0.257. The van der Waals surface area contributed by atoms with Crippen molar-refractivity contribution >= 4 is 21.8 Å². The number of hydrogen-bond acceptors (Lipinski definition) is 4. The highest BCUT2D eigenvalue weighted by atomic mass is 32.2. The van der Waals surface area contributed by atoms with Gasteiger partial charge in [-0.25, -0.2) is 13.1 Å². The summed E-state index contributed by atoms with van der Waals surface area (Å²) in [5.41, 5.74) is 0. The highest BCUT2D eigenvalue weighted by molar-refractivity contribution is 7.99. The molecule has 18 heavy (non-hydrogen) atoms. The van der Waals surface area contributed by atoms with Gasteiger partial charge in [0.2, 0.25) is 10.0 Å². The van der Waals surface area contributed by atoms with Crippen LogP contribution >= 0.6 is 11.8 Å². The van der Waals surface area contributed by atoms with Crippen molar-refractivity contribution in [1.29, 1.82) is 0 Å². The van der Waals surface area contributed by atoms with Crippen molar-refractivity contribution in [3.05, 3.63) is 0 Å². The summed E-state index contributed by atoms with van der Waals surface area (Å²) in [6.45, 7) is 3.62. The Hall–Kier alpha value is 0.220. The molecule has 0 aromatic heterocycles. The molecule has 0 spiro atoms. The Morgan fingerprint density at radius 3 is 2.61 bits per heavy atom. The Kier molecular flexibility index (Phi) is 7.60. The van der Waals surface area contributed by atoms with Crippen LogP contribution in [0.2, 0.25) is 0 Å². The molecule has 0 aromatic rings. The average Bonchev–Trinajstić information content (AvgIpc) is 3.12. The standard InChI is InChI=1S/C12H26N2O2S2/c1-11(17-2)7-9-14-18(15,16)10-4-3-8-13-12-5-6-12/h11-14H,3-10H2,1-2H3. The van der Waals surface area contributed by atoms with Gasteiger partial charge in [-0.15, -0.1) is 0 Å². The highest BCUT2D eigenvalue weighted by Crippen LogP contribution is 2.18. The summed E-state index contributed by atoms with van der Waals surface area (Å²) in [4.78, 5) is 0. The van der Waals surface area contributed by atoms with Gasteiger partial charge < -0.3 is 5.32 Å². The van der Waals surface area contributed by atoms with Crippen LogP contribution in [0.3, 0.4) is 0 Å². The van der Waals surface area contributed by atoms with E-state index in [0.29, 0.717) is 17.8 Å². The van der Waals surface area contributed by atoms with Crippen LogP contribution in [-0.2, 0) is 10.0 Å². The molecule has 1 atom stereocenters. The molecule has 1 aliphatic rings. The van der Waals surface area contributed by atoms with Gasteiger partial charge in [0.15, 0.2) is 0 Å². The number of unbranched alkanes of at least 4 members (excludes halogenated alkanes) is 1. The first kappa shape index (κ1) is 16.3. The number of hydrogen-bond donors (Lipinski definition) is 2. The lowest BCUT2D eigenvalue weighted by Gasteiger charge is -2.10. The molecule has 2 N–H and O–H groups in total. The van der Waals surface area contributed by atoms with E-state index < -0.39 is 10.0 Å². The van der Waals surface area contributed by atoms with Crippen LogP contribution in [0.15, 0.2) is 0 Å². The van der Waals surface area contributed by atoms with Crippen LogP contribution in [0.1, 0.15) is 39.0 Å². The van der Waals surface area contributed by atoms with Crippen molar-refractivity contribution in [2.75, 3.05) is 25.1 Å². The monoisotopic (exact) mass is 294 g/mol. The largest absolute Gasteiger partial charge is 0.314 e. The van der Waals surface area contributed by atoms with Crippen molar-refractivity contribution in [3.63, 3.8) is 0 Å². The molecule has 0 saturated heterocycles. The van der Waals surface area contributed by atoms with E-state index in [-0.39, 0.29) is 5.75 Å². The minimum Gasteiger partial charge on any atom is -0.314 e. The van der Waals surface area contributed by atoms with Crippen LogP contribution in [-0.4, -0.2) is 44.8 Å². The average molecular weight is 294 g/mol. The molecule has 0 amide bonds. The second-order valence-corrected chi connectivity index (χ2v) is 8.19. The van der Waals surface area contributed by atoms with Gasteiger partial charge in [0, 0.05) is 17.8 Å². The quantitative estimate of drug-likeness (QED) is 0.568. The van der Waals surface area contributed by atoms with E-state index in [9.17, 15) is 8.42 Å². The van der Waals surface area contributed by atoms with Gasteiger partial charge in [0.1, 0.15) is 0 Å². The second-order valence-electron chi connectivity index (χ2n) is 4.98. The molecular weight excluding hydrogens is 268 g/mol. The maximum absolute atomic E-state index is 11.7. The fourth-order valence-electron chi connectivity index (χ4n) is 1.62. The molecule has 1 rings (SSSR count). The molecule has 0 heterocycles. The summed E-state index contributed by atoms with van der Waals surface area (Å²) < 4.78 is 26.0. The molecule has 1 saturated carbocycles. The lowest BCUT2D eigenvalue weighted by atomic mass is 10.3. The number of rotatable bonds is 11. The van der Waals surface area contributed by atoms with Crippen LogP contribution < -0.4 is 10.0 Å². The van der Waals surface area contributed by atoms with Crippen molar-refractivity contribution in [1.82, 2.24) is 10.0 Å². The van der Waals surface area contributed by atoms with Gasteiger partial charge in [-0.05, 0) is 44.9 Å². The topological polar surface area (TPSA) is 58.2 Å². The van der Waals surface area contributed by atoms with Gasteiger partial charge in [0.25, 0.3) is 0 Å². The molecule has 0 aliphatic heterocycles. The number of thioether (sulfide) groups is 1. The lowest BCUT2D eigenvalue weighted by Crippen LogP contribution is -2.29. The summed E-state index contributed by atoms with van der Waals surface area (Å²) >= 11 is 1.77. The Morgan fingerprint density at radius 2 is 2.00 bits per heavy atom. The van der Waals surface area contributed by atoms with Crippen LogP contribution in [0, 0.1) is 0 Å². The highest BCUT2D eigenvalue weighted by Gasteiger charge is 2.19. The molecule has 0 bridgehead atoms. The Labute approximate surface area is 116 Å². The second kappa shape index (κ2) is 8.40. The molecule has 1 unspecified atom stereocenters. The van der Waals surface area contributed by atoms with Crippen LogP contribution in [0.4, 0.5) is 0 Å². The molecular formula is C12H26N2O2S2. The normalized spacial score (nSPS) is 17.9. The predicted octanol–water partition coefficient (Wildman–Crippen LogP) is 1.58. The third-order valence-electron chi connectivity index (χ3n) is 3.13. The number of nitrogens with one attached hydrogen (secondary N) is 2. The maximum Gasteiger partial charge on any atom is 0.211 e. The third-order valence-corrected chi connectivity index (χ3v) is 5.64. The summed E-state index contributed by atoms with van der Waals surface area (Å²) in [7, 11) is -3.06. The van der Waals surface area contributed by atoms with Gasteiger partial charge >= 0.3 is 0 Å². The first-order chi connectivity index (χ1) is 8.53. The molecule has 0 aromatic carbocycles. The van der Waals surface area contributed by atoms with E-state index in [1.807, 2.05) is 6.26 Å². The summed E-state index contributed by atoms with van der Waals surface area (Å²) in [6.07, 6.45) is 7.20. The first-order valence-electron chi connectivity index (χ1n) is 6.77. The molecule has 1 aliphatic carbocycles. The third kappa shape index (κ3) is 8.34. The zero-order valence-electron chi connectivity index (χ0n) is 11.4. The Bertz CT molecular complexity index is 316. The molecule has 0 radical (unpaired) electrons. The van der Waals surface area contributed by atoms with Gasteiger partial charge in [-0.3, -0.25) is 0 Å². The van der Waals surface area contributed by atoms with Gasteiger partial charge in [0.05, 0.1) is 5.75 Å². The van der Waals surface area contributed by atoms with E-state index in [0.717, 1.165) is 25.8 Å². The fraction of sp³-hybridized carbons (Fsp3) is 1.00. The van der Waals surface area contributed by atoms with Gasteiger partial charge in [-0.2, -0.15) is 11.8 Å². The Morgan fingerprint density at radius 1 is 1.28 bits per heavy atom. The smallest absolute Gasteiger partial charge is 0.211 e. The molecule has 1 fully saturated rings. The van der Waals surface area contributed by atoms with E-state index in [2.05, 4.69) is 17.0 Å². The van der Waals surface area contributed by atoms with Crippen molar-refractivity contribution in [2.45, 2.75) is 50.3 Å². The molecule has 6 heteroatoms. The minimum absolute atomic E-state index is 0.257. The lowest BCUT2D eigenvalue weighted by molar-refractivity contribution is 0.571. The van der Waals surface area contributed by atoms with E-state index in [4.69, 9.17) is 0 Å². The zero-order valence-corrected chi connectivity index (χ0v) is 13.1. The van der Waals surface area contributed by atoms with Crippen LogP contribution in [0.5, 0.6) is 0 Å². The first-order valence-corrected chi connectivity index (χ1v) is 9.71. The zero-order chi connectivity index (χ0) is 13.4. The van der Waals surface area contributed by atoms with E-state index >= 15 is 0 Å². The summed E-state index contributed by atoms with van der Waals surface area (Å²) in [6, 6.07) is 0.716. The Balaban J connectivity index is 1.99. The SMILES string of the molecule is CSC(C)CCNS(=O)(=O)CCCCNC1CC1. The van der Waals surface area contributed by atoms with Crippen molar-refractivity contribution < 1.29 is 8.42 Å². The summed E-state index contributed by atoms with van der Waals surface area (Å²) in [5, 5.41) is 3.90. The van der Waals surface area contributed by atoms with Crippen molar-refractivity contribution in [2.24, 2.45) is 0 Å². The van der Waals surface area contributed by atoms with E-state index in [1.54, 1.807) is 11.8 Å². The minimum atomic E-state index is -3.06. The molecule has 4 nitrogen and oxygen atoms in total. The number of sulfonamides is 1. The van der Waals surface area contributed by atoms with Gasteiger partial charge in [-0.1, -0.05) is 6.92 Å². The van der Waals surface area contributed by atoms with Crippen molar-refractivity contribution in [3.8, 4) is 0 Å². The van der Waals surface area contributed by atoms with Crippen LogP contribution in [0.25, 0.3) is 0 Å².